The Morgan fingerprint density at radius 2 is 2.05 bits per heavy atom. The summed E-state index contributed by atoms with van der Waals surface area (Å²) in [6, 6.07) is 5.03. The molecule has 1 fully saturated rings. The number of esters is 1. The van der Waals surface area contributed by atoms with Gasteiger partial charge in [0.1, 0.15) is 5.82 Å². The first kappa shape index (κ1) is 13.8. The molecule has 1 saturated carbocycles. The highest BCUT2D eigenvalue weighted by atomic mass is 19.1. The number of nitrogens with two attached hydrogens (primary N) is 1. The second-order valence-electron chi connectivity index (χ2n) is 4.94. The van der Waals surface area contributed by atoms with E-state index in [1.54, 1.807) is 6.07 Å². The van der Waals surface area contributed by atoms with Gasteiger partial charge in [-0.25, -0.2) is 9.18 Å². The Kier molecular flexibility index (Phi) is 4.37. The van der Waals surface area contributed by atoms with Crippen LogP contribution in [-0.4, -0.2) is 25.2 Å². The van der Waals surface area contributed by atoms with Crippen LogP contribution in [0.25, 0.3) is 0 Å². The van der Waals surface area contributed by atoms with Gasteiger partial charge in [0.15, 0.2) is 0 Å². The number of halogens is 1. The number of methoxy groups -OCH3 is 1. The Balaban J connectivity index is 2.06. The minimum Gasteiger partial charge on any atom is -0.465 e. The molecule has 1 aliphatic rings. The Bertz CT molecular complexity index is 457. The number of hydrogen-bond acceptors (Lipinski definition) is 4. The molecule has 1 aromatic carbocycles. The maximum absolute atomic E-state index is 13.5. The molecule has 5 heteroatoms. The van der Waals surface area contributed by atoms with E-state index in [9.17, 15) is 9.18 Å². The van der Waals surface area contributed by atoms with E-state index in [1.807, 2.05) is 0 Å². The molecule has 0 aromatic heterocycles. The molecule has 4 nitrogen and oxygen atoms in total. The van der Waals surface area contributed by atoms with Crippen molar-refractivity contribution >= 4 is 11.7 Å². The SMILES string of the molecule is COC(=O)c1cc(NC2CCC(N)CC2)ccc1F. The highest BCUT2D eigenvalue weighted by Crippen LogP contribution is 2.23. The highest BCUT2D eigenvalue weighted by Gasteiger charge is 2.19. The van der Waals surface area contributed by atoms with Crippen LogP contribution < -0.4 is 11.1 Å². The Hall–Kier alpha value is -1.62. The summed E-state index contributed by atoms with van der Waals surface area (Å²) >= 11 is 0. The van der Waals surface area contributed by atoms with Gasteiger partial charge in [-0.3, -0.25) is 0 Å². The minimum absolute atomic E-state index is 0.0417. The van der Waals surface area contributed by atoms with Gasteiger partial charge in [0.25, 0.3) is 0 Å². The molecular weight excluding hydrogens is 247 g/mol. The molecule has 0 saturated heterocycles. The molecule has 0 unspecified atom stereocenters. The van der Waals surface area contributed by atoms with Crippen molar-refractivity contribution in [1.29, 1.82) is 0 Å². The van der Waals surface area contributed by atoms with Crippen molar-refractivity contribution in [3.63, 3.8) is 0 Å². The average molecular weight is 266 g/mol. The van der Waals surface area contributed by atoms with Crippen LogP contribution in [0.3, 0.4) is 0 Å². The summed E-state index contributed by atoms with van der Waals surface area (Å²) in [4.78, 5) is 11.4. The number of carbonyl (C=O) groups excluding carboxylic acids is 1. The number of hydrogen-bond donors (Lipinski definition) is 2. The summed E-state index contributed by atoms with van der Waals surface area (Å²) in [7, 11) is 1.24. The summed E-state index contributed by atoms with van der Waals surface area (Å²) in [5, 5.41) is 3.32. The van der Waals surface area contributed by atoms with Crippen molar-refractivity contribution in [3.8, 4) is 0 Å². The molecular formula is C14H19FN2O2. The first-order valence-corrected chi connectivity index (χ1v) is 6.50. The first-order chi connectivity index (χ1) is 9.10. The topological polar surface area (TPSA) is 64.3 Å². The summed E-state index contributed by atoms with van der Waals surface area (Å²) in [5.74, 6) is -1.23. The van der Waals surface area contributed by atoms with E-state index in [2.05, 4.69) is 10.1 Å². The summed E-state index contributed by atoms with van der Waals surface area (Å²) in [6.45, 7) is 0. The van der Waals surface area contributed by atoms with E-state index in [0.29, 0.717) is 6.04 Å². The normalized spacial score (nSPS) is 22.9. The van der Waals surface area contributed by atoms with Crippen molar-refractivity contribution < 1.29 is 13.9 Å². The minimum atomic E-state index is -0.660. The quantitative estimate of drug-likeness (QED) is 0.824. The fourth-order valence-corrected chi connectivity index (χ4v) is 2.38. The lowest BCUT2D eigenvalue weighted by Gasteiger charge is -2.27. The molecule has 0 heterocycles. The van der Waals surface area contributed by atoms with Gasteiger partial charge in [-0.05, 0) is 43.9 Å². The Morgan fingerprint density at radius 3 is 2.68 bits per heavy atom. The van der Waals surface area contributed by atoms with Gasteiger partial charge < -0.3 is 15.8 Å². The molecule has 0 radical (unpaired) electrons. The molecule has 19 heavy (non-hydrogen) atoms. The van der Waals surface area contributed by atoms with Crippen LogP contribution in [0.4, 0.5) is 10.1 Å². The summed E-state index contributed by atoms with van der Waals surface area (Å²) in [6.07, 6.45) is 3.96. The average Bonchev–Trinajstić information content (AvgIpc) is 2.42. The van der Waals surface area contributed by atoms with E-state index in [1.165, 1.54) is 19.2 Å². The van der Waals surface area contributed by atoms with Crippen LogP contribution >= 0.6 is 0 Å². The largest absolute Gasteiger partial charge is 0.465 e. The van der Waals surface area contributed by atoms with Crippen LogP contribution in [0.15, 0.2) is 18.2 Å². The lowest BCUT2D eigenvalue weighted by Crippen LogP contribution is -2.32. The third-order valence-corrected chi connectivity index (χ3v) is 3.51. The number of ether oxygens (including phenoxy) is 1. The van der Waals surface area contributed by atoms with E-state index < -0.39 is 11.8 Å². The van der Waals surface area contributed by atoms with Gasteiger partial charge in [-0.1, -0.05) is 0 Å². The first-order valence-electron chi connectivity index (χ1n) is 6.50. The van der Waals surface area contributed by atoms with Gasteiger partial charge in [0, 0.05) is 17.8 Å². The molecule has 2 rings (SSSR count). The molecule has 3 N–H and O–H groups in total. The molecule has 0 amide bonds. The number of benzene rings is 1. The third kappa shape index (κ3) is 3.44. The number of nitrogens with one attached hydrogen (secondary N) is 1. The molecule has 0 bridgehead atoms. The molecule has 0 aliphatic heterocycles. The van der Waals surface area contributed by atoms with Crippen molar-refractivity contribution in [2.45, 2.75) is 37.8 Å². The van der Waals surface area contributed by atoms with Gasteiger partial charge in [0.05, 0.1) is 12.7 Å². The number of anilines is 1. The Labute approximate surface area is 112 Å². The number of carbonyl (C=O) groups is 1. The maximum Gasteiger partial charge on any atom is 0.340 e. The van der Waals surface area contributed by atoms with E-state index in [-0.39, 0.29) is 11.6 Å². The van der Waals surface area contributed by atoms with Crippen molar-refractivity contribution in [1.82, 2.24) is 0 Å². The van der Waals surface area contributed by atoms with Gasteiger partial charge >= 0.3 is 5.97 Å². The highest BCUT2D eigenvalue weighted by molar-refractivity contribution is 5.90. The smallest absolute Gasteiger partial charge is 0.340 e. The standard InChI is InChI=1S/C14H19FN2O2/c1-19-14(18)12-8-11(6-7-13(12)15)17-10-4-2-9(16)3-5-10/h6-10,17H,2-5,16H2,1H3. The molecule has 0 atom stereocenters. The predicted molar refractivity (Wildman–Crippen MR) is 71.6 cm³/mol. The zero-order valence-electron chi connectivity index (χ0n) is 11.0. The molecule has 1 aromatic rings. The van der Waals surface area contributed by atoms with Crippen molar-refractivity contribution in [2.24, 2.45) is 5.73 Å². The fourth-order valence-electron chi connectivity index (χ4n) is 2.38. The maximum atomic E-state index is 13.5. The zero-order chi connectivity index (χ0) is 13.8. The second-order valence-corrected chi connectivity index (χ2v) is 4.94. The fraction of sp³-hybridized carbons (Fsp3) is 0.500. The van der Waals surface area contributed by atoms with Crippen molar-refractivity contribution in [2.75, 3.05) is 12.4 Å². The second kappa shape index (κ2) is 6.02. The monoisotopic (exact) mass is 266 g/mol. The third-order valence-electron chi connectivity index (χ3n) is 3.51. The summed E-state index contributed by atoms with van der Waals surface area (Å²) < 4.78 is 18.0. The zero-order valence-corrected chi connectivity index (χ0v) is 11.0. The number of rotatable bonds is 3. The van der Waals surface area contributed by atoms with Gasteiger partial charge in [-0.2, -0.15) is 0 Å². The van der Waals surface area contributed by atoms with E-state index >= 15 is 0 Å². The van der Waals surface area contributed by atoms with E-state index in [0.717, 1.165) is 31.4 Å². The lowest BCUT2D eigenvalue weighted by atomic mass is 9.91. The lowest BCUT2D eigenvalue weighted by molar-refractivity contribution is 0.0595. The van der Waals surface area contributed by atoms with Crippen LogP contribution in [0, 0.1) is 5.82 Å². The molecule has 0 spiro atoms. The van der Waals surface area contributed by atoms with E-state index in [4.69, 9.17) is 5.73 Å². The van der Waals surface area contributed by atoms with Crippen LogP contribution in [0.2, 0.25) is 0 Å². The molecule has 1 aliphatic carbocycles. The Morgan fingerprint density at radius 1 is 1.37 bits per heavy atom. The van der Waals surface area contributed by atoms with Crippen LogP contribution in [0.5, 0.6) is 0 Å². The van der Waals surface area contributed by atoms with Crippen LogP contribution in [-0.2, 0) is 4.74 Å². The van der Waals surface area contributed by atoms with Gasteiger partial charge in [-0.15, -0.1) is 0 Å². The van der Waals surface area contributed by atoms with Crippen molar-refractivity contribution in [3.05, 3.63) is 29.6 Å². The van der Waals surface area contributed by atoms with Crippen LogP contribution in [0.1, 0.15) is 36.0 Å². The molecule has 104 valence electrons. The predicted octanol–water partition coefficient (Wildman–Crippen LogP) is 2.29. The van der Waals surface area contributed by atoms with Gasteiger partial charge in [0.2, 0.25) is 0 Å². The summed E-state index contributed by atoms with van der Waals surface area (Å²) in [5.41, 5.74) is 6.55.